The lowest BCUT2D eigenvalue weighted by molar-refractivity contribution is -0.129. The van der Waals surface area contributed by atoms with Crippen LogP contribution in [0, 0.1) is 6.92 Å². The van der Waals surface area contributed by atoms with Crippen molar-refractivity contribution in [2.75, 3.05) is 49.0 Å². The molecule has 0 saturated carbocycles. The van der Waals surface area contributed by atoms with E-state index in [1.54, 1.807) is 60.5 Å². The van der Waals surface area contributed by atoms with E-state index in [0.29, 0.717) is 31.9 Å². The first-order chi connectivity index (χ1) is 16.4. The second-order valence-corrected chi connectivity index (χ2v) is 10.1. The molecule has 0 spiro atoms. The Morgan fingerprint density at radius 1 is 0.882 bits per heavy atom. The maximum atomic E-state index is 13.5. The van der Waals surface area contributed by atoms with Gasteiger partial charge < -0.3 is 14.5 Å². The van der Waals surface area contributed by atoms with Gasteiger partial charge >= 0.3 is 0 Å². The van der Waals surface area contributed by atoms with Crippen molar-refractivity contribution >= 4 is 27.3 Å². The summed E-state index contributed by atoms with van der Waals surface area (Å²) in [5.41, 5.74) is 2.42. The largest absolute Gasteiger partial charge is 0.495 e. The van der Waals surface area contributed by atoms with Crippen molar-refractivity contribution in [3.8, 4) is 5.75 Å². The van der Waals surface area contributed by atoms with Crippen LogP contribution in [-0.4, -0.2) is 59.1 Å². The second kappa shape index (κ2) is 10.2. The predicted octanol–water partition coefficient (Wildman–Crippen LogP) is 3.55. The summed E-state index contributed by atoms with van der Waals surface area (Å²) in [7, 11) is -2.26. The van der Waals surface area contributed by atoms with E-state index in [0.717, 1.165) is 17.0 Å². The van der Waals surface area contributed by atoms with E-state index in [9.17, 15) is 13.2 Å². The minimum atomic E-state index is -3.91. The molecule has 0 aliphatic carbocycles. The highest BCUT2D eigenvalue weighted by atomic mass is 32.2. The lowest BCUT2D eigenvalue weighted by Gasteiger charge is -2.37. The minimum absolute atomic E-state index is 0.163. The molecule has 4 rings (SSSR count). The van der Waals surface area contributed by atoms with Crippen LogP contribution in [0.5, 0.6) is 5.75 Å². The highest BCUT2D eigenvalue weighted by Gasteiger charge is 2.30. The highest BCUT2D eigenvalue weighted by molar-refractivity contribution is 7.92. The van der Waals surface area contributed by atoms with E-state index in [1.807, 2.05) is 37.3 Å². The van der Waals surface area contributed by atoms with Crippen molar-refractivity contribution in [1.29, 1.82) is 0 Å². The van der Waals surface area contributed by atoms with Gasteiger partial charge in [-0.25, -0.2) is 8.42 Å². The van der Waals surface area contributed by atoms with Gasteiger partial charge in [0.15, 0.2) is 0 Å². The van der Waals surface area contributed by atoms with Crippen LogP contribution in [0.25, 0.3) is 0 Å². The van der Waals surface area contributed by atoms with Crippen molar-refractivity contribution in [3.05, 3.63) is 84.4 Å². The Hall–Kier alpha value is -3.52. The van der Waals surface area contributed by atoms with E-state index in [1.165, 1.54) is 4.31 Å². The summed E-state index contributed by atoms with van der Waals surface area (Å²) >= 11 is 0. The van der Waals surface area contributed by atoms with Crippen LogP contribution in [0.1, 0.15) is 5.56 Å². The molecule has 1 amide bonds. The minimum Gasteiger partial charge on any atom is -0.495 e. The van der Waals surface area contributed by atoms with E-state index in [4.69, 9.17) is 4.74 Å². The summed E-state index contributed by atoms with van der Waals surface area (Å²) in [6.45, 7) is 3.94. The monoisotopic (exact) mass is 479 g/mol. The third kappa shape index (κ3) is 5.02. The SMILES string of the molecule is COc1ccccc1N1CCN(C(=O)CN(c2ccccc2)S(=O)(=O)c2ccc(C)cc2)CC1. The summed E-state index contributed by atoms with van der Waals surface area (Å²) in [5, 5.41) is 0. The first-order valence-corrected chi connectivity index (χ1v) is 12.6. The zero-order valence-corrected chi connectivity index (χ0v) is 20.2. The van der Waals surface area contributed by atoms with Gasteiger partial charge in [-0.3, -0.25) is 9.10 Å². The Balaban J connectivity index is 1.51. The van der Waals surface area contributed by atoms with Crippen LogP contribution in [0.3, 0.4) is 0 Å². The Morgan fingerprint density at radius 2 is 1.50 bits per heavy atom. The van der Waals surface area contributed by atoms with Crippen LogP contribution in [-0.2, 0) is 14.8 Å². The molecule has 34 heavy (non-hydrogen) atoms. The maximum absolute atomic E-state index is 13.5. The number of para-hydroxylation sites is 3. The van der Waals surface area contributed by atoms with Crippen LogP contribution < -0.4 is 13.9 Å². The number of benzene rings is 3. The number of aryl methyl sites for hydroxylation is 1. The standard InChI is InChI=1S/C26H29N3O4S/c1-21-12-14-23(15-13-21)34(31,32)29(22-8-4-3-5-9-22)20-26(30)28-18-16-27(17-19-28)24-10-6-7-11-25(24)33-2/h3-15H,16-20H2,1-2H3. The number of ether oxygens (including phenoxy) is 1. The normalized spacial score (nSPS) is 14.1. The van der Waals surface area contributed by atoms with Crippen LogP contribution in [0.4, 0.5) is 11.4 Å². The fraction of sp³-hybridized carbons (Fsp3) is 0.269. The van der Waals surface area contributed by atoms with Gasteiger partial charge in [0.05, 0.1) is 23.4 Å². The van der Waals surface area contributed by atoms with Crippen molar-refractivity contribution in [2.45, 2.75) is 11.8 Å². The van der Waals surface area contributed by atoms with Gasteiger partial charge in [0, 0.05) is 26.2 Å². The molecule has 0 N–H and O–H groups in total. The molecule has 1 heterocycles. The molecule has 0 atom stereocenters. The van der Waals surface area contributed by atoms with Gasteiger partial charge in [-0.2, -0.15) is 0 Å². The smallest absolute Gasteiger partial charge is 0.264 e. The third-order valence-electron chi connectivity index (χ3n) is 5.99. The Morgan fingerprint density at radius 3 is 2.15 bits per heavy atom. The molecule has 1 saturated heterocycles. The van der Waals surface area contributed by atoms with E-state index in [-0.39, 0.29) is 17.3 Å². The van der Waals surface area contributed by atoms with E-state index >= 15 is 0 Å². The zero-order valence-electron chi connectivity index (χ0n) is 19.4. The number of carbonyl (C=O) groups is 1. The molecule has 0 aromatic heterocycles. The predicted molar refractivity (Wildman–Crippen MR) is 134 cm³/mol. The molecular weight excluding hydrogens is 450 g/mol. The molecule has 1 fully saturated rings. The van der Waals surface area contributed by atoms with Gasteiger partial charge in [-0.15, -0.1) is 0 Å². The molecule has 8 heteroatoms. The molecule has 0 bridgehead atoms. The maximum Gasteiger partial charge on any atom is 0.264 e. The topological polar surface area (TPSA) is 70.2 Å². The number of hydrogen-bond acceptors (Lipinski definition) is 5. The molecule has 1 aliphatic heterocycles. The van der Waals surface area contributed by atoms with E-state index in [2.05, 4.69) is 4.90 Å². The number of methoxy groups -OCH3 is 1. The molecule has 178 valence electrons. The Labute approximate surface area is 201 Å². The second-order valence-electron chi connectivity index (χ2n) is 8.20. The van der Waals surface area contributed by atoms with Crippen LogP contribution >= 0.6 is 0 Å². The molecule has 7 nitrogen and oxygen atoms in total. The summed E-state index contributed by atoms with van der Waals surface area (Å²) in [6, 6.07) is 23.3. The lowest BCUT2D eigenvalue weighted by atomic mass is 10.2. The average molecular weight is 480 g/mol. The molecule has 0 radical (unpaired) electrons. The number of nitrogens with zero attached hydrogens (tertiary/aromatic N) is 3. The number of hydrogen-bond donors (Lipinski definition) is 0. The first kappa shape index (κ1) is 23.6. The van der Waals surface area contributed by atoms with Gasteiger partial charge in [0.1, 0.15) is 12.3 Å². The fourth-order valence-electron chi connectivity index (χ4n) is 4.06. The van der Waals surface area contributed by atoms with Gasteiger partial charge in [-0.05, 0) is 43.3 Å². The lowest BCUT2D eigenvalue weighted by Crippen LogP contribution is -2.52. The average Bonchev–Trinajstić information content (AvgIpc) is 2.88. The van der Waals surface area contributed by atoms with Crippen LogP contribution in [0.15, 0.2) is 83.8 Å². The van der Waals surface area contributed by atoms with E-state index < -0.39 is 10.0 Å². The molecule has 1 aliphatic rings. The number of piperazine rings is 1. The van der Waals surface area contributed by atoms with Crippen molar-refractivity contribution in [2.24, 2.45) is 0 Å². The van der Waals surface area contributed by atoms with Crippen molar-refractivity contribution in [3.63, 3.8) is 0 Å². The Kier molecular flexibility index (Phi) is 7.07. The summed E-state index contributed by atoms with van der Waals surface area (Å²) in [6.07, 6.45) is 0. The van der Waals surface area contributed by atoms with Gasteiger partial charge in [0.2, 0.25) is 5.91 Å². The summed E-state index contributed by atoms with van der Waals surface area (Å²) in [5.74, 6) is 0.570. The molecule has 3 aromatic carbocycles. The Bertz CT molecular complexity index is 1220. The molecular formula is C26H29N3O4S. The molecule has 0 unspecified atom stereocenters. The molecule has 3 aromatic rings. The summed E-state index contributed by atoms with van der Waals surface area (Å²) < 4.78 is 33.7. The van der Waals surface area contributed by atoms with Crippen molar-refractivity contribution in [1.82, 2.24) is 4.90 Å². The van der Waals surface area contributed by atoms with Crippen LogP contribution in [0.2, 0.25) is 0 Å². The number of carbonyl (C=O) groups excluding carboxylic acids is 1. The number of rotatable bonds is 7. The summed E-state index contributed by atoms with van der Waals surface area (Å²) in [4.78, 5) is 17.3. The highest BCUT2D eigenvalue weighted by Crippen LogP contribution is 2.29. The van der Waals surface area contributed by atoms with Gasteiger partial charge in [-0.1, -0.05) is 48.0 Å². The number of anilines is 2. The quantitative estimate of drug-likeness (QED) is 0.518. The first-order valence-electron chi connectivity index (χ1n) is 11.2. The number of amides is 1. The zero-order chi connectivity index (χ0) is 24.1. The number of sulfonamides is 1. The van der Waals surface area contributed by atoms with Crippen molar-refractivity contribution < 1.29 is 17.9 Å². The third-order valence-corrected chi connectivity index (χ3v) is 7.78. The van der Waals surface area contributed by atoms with Gasteiger partial charge in [0.25, 0.3) is 10.0 Å². The fourth-order valence-corrected chi connectivity index (χ4v) is 5.47.